The predicted molar refractivity (Wildman–Crippen MR) is 71.4 cm³/mol. The fourth-order valence-corrected chi connectivity index (χ4v) is 2.76. The van der Waals surface area contributed by atoms with Crippen LogP contribution in [0, 0.1) is 5.41 Å². The molecule has 0 aromatic rings. The molecule has 0 aromatic carbocycles. The molecule has 0 rings (SSSR count). The van der Waals surface area contributed by atoms with E-state index >= 15 is 0 Å². The van der Waals surface area contributed by atoms with E-state index in [2.05, 4.69) is 0 Å². The molecule has 0 unspecified atom stereocenters. The Morgan fingerprint density at radius 2 is 1.81 bits per heavy atom. The highest BCUT2D eigenvalue weighted by Gasteiger charge is 2.24. The second-order valence-electron chi connectivity index (χ2n) is 4.79. The molecule has 0 radical (unpaired) electrons. The summed E-state index contributed by atoms with van der Waals surface area (Å²) in [4.78, 5) is 0. The van der Waals surface area contributed by atoms with Gasteiger partial charge in [0.25, 0.3) is 0 Å². The van der Waals surface area contributed by atoms with Gasteiger partial charge < -0.3 is 5.73 Å². The molecule has 0 saturated heterocycles. The first-order chi connectivity index (χ1) is 6.75. The molecule has 0 heterocycles. The predicted octanol–water partition coefficient (Wildman–Crippen LogP) is 1.45. The molecule has 16 heavy (non-hydrogen) atoms. The van der Waals surface area contributed by atoms with Gasteiger partial charge in [-0.2, -0.15) is 0 Å². The smallest absolute Gasteiger partial charge is 0.213 e. The first-order valence-corrected chi connectivity index (χ1v) is 7.00. The molecule has 0 aromatic heterocycles. The number of halogens is 1. The third-order valence-electron chi connectivity index (χ3n) is 2.43. The summed E-state index contributed by atoms with van der Waals surface area (Å²) in [5.74, 6) is 0.237. The topological polar surface area (TPSA) is 63.4 Å². The maximum Gasteiger partial charge on any atom is 0.213 e. The monoisotopic (exact) mass is 272 g/mol. The molecule has 0 aliphatic heterocycles. The maximum atomic E-state index is 11.8. The van der Waals surface area contributed by atoms with Gasteiger partial charge in [0.05, 0.1) is 5.75 Å². The van der Waals surface area contributed by atoms with Crippen LogP contribution in [-0.4, -0.2) is 38.6 Å². The number of unbranched alkanes of at least 4 members (excludes halogenated alkanes) is 1. The molecule has 0 saturated carbocycles. The molecule has 2 N–H and O–H groups in total. The fourth-order valence-electron chi connectivity index (χ4n) is 1.25. The summed E-state index contributed by atoms with van der Waals surface area (Å²) in [6.45, 7) is 6.90. The Bertz CT molecular complexity index is 279. The number of sulfonamides is 1. The van der Waals surface area contributed by atoms with E-state index < -0.39 is 10.0 Å². The zero-order valence-corrected chi connectivity index (χ0v) is 12.3. The summed E-state index contributed by atoms with van der Waals surface area (Å²) in [6.07, 6.45) is 1.61. The van der Waals surface area contributed by atoms with Crippen LogP contribution >= 0.6 is 12.4 Å². The van der Waals surface area contributed by atoms with Crippen LogP contribution < -0.4 is 5.73 Å². The standard InChI is InChI=1S/C10H24N2O2S.ClH/c1-5-6-7-15(13,14)12(4)9-10(2,3)8-11;/h5-9,11H2,1-4H3;1H. The molecule has 0 bridgehead atoms. The molecule has 6 heteroatoms. The molecule has 0 aliphatic rings. The van der Waals surface area contributed by atoms with Gasteiger partial charge in [0.2, 0.25) is 10.0 Å². The summed E-state index contributed by atoms with van der Waals surface area (Å²) in [5, 5.41) is 0. The molecule has 4 nitrogen and oxygen atoms in total. The summed E-state index contributed by atoms with van der Waals surface area (Å²) in [5.41, 5.74) is 5.42. The Morgan fingerprint density at radius 3 is 2.19 bits per heavy atom. The minimum atomic E-state index is -3.09. The van der Waals surface area contributed by atoms with Crippen molar-refractivity contribution in [2.24, 2.45) is 11.1 Å². The van der Waals surface area contributed by atoms with Crippen LogP contribution in [0.2, 0.25) is 0 Å². The van der Waals surface area contributed by atoms with Gasteiger partial charge in [0, 0.05) is 13.6 Å². The van der Waals surface area contributed by atoms with Gasteiger partial charge in [-0.05, 0) is 18.4 Å². The Morgan fingerprint density at radius 1 is 1.31 bits per heavy atom. The number of hydrogen-bond donors (Lipinski definition) is 1. The normalized spacial score (nSPS) is 12.6. The van der Waals surface area contributed by atoms with Crippen LogP contribution in [0.4, 0.5) is 0 Å². The van der Waals surface area contributed by atoms with Crippen molar-refractivity contribution in [2.75, 3.05) is 25.9 Å². The van der Waals surface area contributed by atoms with Crippen LogP contribution in [0.3, 0.4) is 0 Å². The van der Waals surface area contributed by atoms with Crippen molar-refractivity contribution >= 4 is 22.4 Å². The lowest BCUT2D eigenvalue weighted by Crippen LogP contribution is -2.40. The largest absolute Gasteiger partial charge is 0.330 e. The van der Waals surface area contributed by atoms with Crippen molar-refractivity contribution in [3.05, 3.63) is 0 Å². The van der Waals surface area contributed by atoms with E-state index in [4.69, 9.17) is 5.73 Å². The van der Waals surface area contributed by atoms with Crippen molar-refractivity contribution in [3.8, 4) is 0 Å². The minimum Gasteiger partial charge on any atom is -0.330 e. The second kappa shape index (κ2) is 7.48. The van der Waals surface area contributed by atoms with Gasteiger partial charge in [-0.25, -0.2) is 12.7 Å². The van der Waals surface area contributed by atoms with E-state index in [0.29, 0.717) is 13.1 Å². The zero-order chi connectivity index (χ0) is 12.1. The highest BCUT2D eigenvalue weighted by atomic mass is 35.5. The van der Waals surface area contributed by atoms with E-state index in [1.807, 2.05) is 20.8 Å². The first kappa shape index (κ1) is 18.5. The first-order valence-electron chi connectivity index (χ1n) is 5.39. The van der Waals surface area contributed by atoms with Crippen LogP contribution in [0.15, 0.2) is 0 Å². The number of rotatable bonds is 7. The van der Waals surface area contributed by atoms with Crippen LogP contribution in [-0.2, 0) is 10.0 Å². The highest BCUT2D eigenvalue weighted by Crippen LogP contribution is 2.16. The maximum absolute atomic E-state index is 11.8. The SMILES string of the molecule is CCCCS(=O)(=O)N(C)CC(C)(C)CN.Cl. The van der Waals surface area contributed by atoms with Crippen molar-refractivity contribution in [3.63, 3.8) is 0 Å². The Balaban J connectivity index is 0. The van der Waals surface area contributed by atoms with Crippen molar-refractivity contribution in [1.82, 2.24) is 4.31 Å². The number of nitrogens with two attached hydrogens (primary N) is 1. The third-order valence-corrected chi connectivity index (χ3v) is 4.32. The molecular weight excluding hydrogens is 248 g/mol. The van der Waals surface area contributed by atoms with E-state index in [-0.39, 0.29) is 23.6 Å². The minimum absolute atomic E-state index is 0. The molecule has 100 valence electrons. The van der Waals surface area contributed by atoms with Crippen molar-refractivity contribution < 1.29 is 8.42 Å². The quantitative estimate of drug-likeness (QED) is 0.763. The summed E-state index contributed by atoms with van der Waals surface area (Å²) in [7, 11) is -1.46. The lowest BCUT2D eigenvalue weighted by molar-refractivity contribution is 0.292. The van der Waals surface area contributed by atoms with Gasteiger partial charge in [0.1, 0.15) is 0 Å². The lowest BCUT2D eigenvalue weighted by atomic mass is 9.94. The average Bonchev–Trinajstić information content (AvgIpc) is 2.14. The summed E-state index contributed by atoms with van der Waals surface area (Å²) in [6, 6.07) is 0. The molecular formula is C10H25ClN2O2S. The summed E-state index contributed by atoms with van der Waals surface area (Å²) < 4.78 is 25.0. The summed E-state index contributed by atoms with van der Waals surface area (Å²) >= 11 is 0. The van der Waals surface area contributed by atoms with Gasteiger partial charge in [0.15, 0.2) is 0 Å². The van der Waals surface area contributed by atoms with Gasteiger partial charge >= 0.3 is 0 Å². The second-order valence-corrected chi connectivity index (χ2v) is 6.99. The van der Waals surface area contributed by atoms with Gasteiger partial charge in [-0.3, -0.25) is 0 Å². The Kier molecular flexibility index (Phi) is 8.66. The van der Waals surface area contributed by atoms with E-state index in [9.17, 15) is 8.42 Å². The van der Waals surface area contributed by atoms with Gasteiger partial charge in [-0.1, -0.05) is 27.2 Å². The van der Waals surface area contributed by atoms with Crippen LogP contribution in [0.25, 0.3) is 0 Å². The molecule has 0 aliphatic carbocycles. The molecule has 0 atom stereocenters. The van der Waals surface area contributed by atoms with E-state index in [1.54, 1.807) is 7.05 Å². The van der Waals surface area contributed by atoms with Crippen molar-refractivity contribution in [2.45, 2.75) is 33.6 Å². The van der Waals surface area contributed by atoms with E-state index in [1.165, 1.54) is 4.31 Å². The van der Waals surface area contributed by atoms with E-state index in [0.717, 1.165) is 12.8 Å². The molecule has 0 spiro atoms. The van der Waals surface area contributed by atoms with Crippen LogP contribution in [0.1, 0.15) is 33.6 Å². The highest BCUT2D eigenvalue weighted by molar-refractivity contribution is 7.89. The average molecular weight is 273 g/mol. The zero-order valence-electron chi connectivity index (χ0n) is 10.7. The number of nitrogens with zero attached hydrogens (tertiary/aromatic N) is 1. The van der Waals surface area contributed by atoms with Crippen LogP contribution in [0.5, 0.6) is 0 Å². The fraction of sp³-hybridized carbons (Fsp3) is 1.00. The van der Waals surface area contributed by atoms with Crippen molar-refractivity contribution in [1.29, 1.82) is 0 Å². The lowest BCUT2D eigenvalue weighted by Gasteiger charge is -2.28. The number of hydrogen-bond acceptors (Lipinski definition) is 3. The van der Waals surface area contributed by atoms with Gasteiger partial charge in [-0.15, -0.1) is 12.4 Å². The third kappa shape index (κ3) is 6.68. The molecule has 0 amide bonds. The molecule has 0 fully saturated rings. The Labute approximate surface area is 106 Å². The Hall–Kier alpha value is 0.160.